The Labute approximate surface area is 257 Å². The van der Waals surface area contributed by atoms with Crippen molar-refractivity contribution in [2.24, 2.45) is 12.0 Å². The van der Waals surface area contributed by atoms with Gasteiger partial charge in [0.15, 0.2) is 0 Å². The third kappa shape index (κ3) is 5.60. The van der Waals surface area contributed by atoms with Crippen LogP contribution in [0.1, 0.15) is 47.1 Å². The van der Waals surface area contributed by atoms with Crippen molar-refractivity contribution in [1.29, 1.82) is 0 Å². The second-order valence-electron chi connectivity index (χ2n) is 11.6. The lowest BCUT2D eigenvalue weighted by Gasteiger charge is -2.30. The van der Waals surface area contributed by atoms with Gasteiger partial charge in [0.2, 0.25) is 0 Å². The summed E-state index contributed by atoms with van der Waals surface area (Å²) in [5, 5.41) is 17.1. The molecule has 1 saturated heterocycles. The summed E-state index contributed by atoms with van der Waals surface area (Å²) >= 11 is 0. The van der Waals surface area contributed by atoms with E-state index >= 15 is 0 Å². The zero-order chi connectivity index (χ0) is 30.8. The summed E-state index contributed by atoms with van der Waals surface area (Å²) in [5.74, 6) is 0.769. The molecule has 230 valence electrons. The van der Waals surface area contributed by atoms with Crippen LogP contribution in [0.5, 0.6) is 0 Å². The number of nitrogens with one attached hydrogen (secondary N) is 2. The first-order valence-electron chi connectivity index (χ1n) is 15.3. The summed E-state index contributed by atoms with van der Waals surface area (Å²) < 4.78 is 3.66. The van der Waals surface area contributed by atoms with E-state index in [-0.39, 0.29) is 18.1 Å². The number of carbonyl (C=O) groups excluding carboxylic acids is 1. The maximum absolute atomic E-state index is 13.8. The van der Waals surface area contributed by atoms with Crippen molar-refractivity contribution in [2.45, 2.75) is 45.8 Å². The normalized spacial score (nSPS) is 17.4. The number of nitrogens with zero attached hydrogens (tertiary/aromatic N) is 6. The van der Waals surface area contributed by atoms with Gasteiger partial charge in [-0.05, 0) is 80.8 Å². The number of aliphatic hydroxyl groups excluding tert-OH is 1. The number of amides is 1. The fraction of sp³-hybridized carbons (Fsp3) is 0.394. The van der Waals surface area contributed by atoms with Gasteiger partial charge in [-0.25, -0.2) is 9.98 Å². The molecular weight excluding hydrogens is 556 g/mol. The summed E-state index contributed by atoms with van der Waals surface area (Å²) in [4.78, 5) is 39.6. The van der Waals surface area contributed by atoms with Crippen molar-refractivity contribution >= 4 is 24.1 Å². The van der Waals surface area contributed by atoms with Gasteiger partial charge in [0.25, 0.3) is 11.5 Å². The number of anilines is 2. The lowest BCUT2D eigenvalue weighted by molar-refractivity contribution is 0.0963. The molecule has 3 aromatic rings. The number of hydrogen-bond donors (Lipinski definition) is 3. The lowest BCUT2D eigenvalue weighted by Crippen LogP contribution is -2.42. The number of aryl methyl sites for hydroxylation is 2. The Morgan fingerprint density at radius 3 is 2.70 bits per heavy atom. The standard InChI is InChI=1S/C33H40N8O3/c1-22(39-14-12-35-13-15-39)8-9-30(34-2)37-27-18-24(20-38(3)32(27)43)25-10-11-36-31(26(25)21-42)41-17-16-40-28-7-5-4-6-23(28)19-29(40)33(41)44/h8-11,18-20,35,37,42H,2,4-7,12-17,21H2,1,3H3/b22-8+,30-9+. The molecule has 0 aromatic carbocycles. The summed E-state index contributed by atoms with van der Waals surface area (Å²) in [7, 11) is 1.68. The second kappa shape index (κ2) is 12.6. The average molecular weight is 597 g/mol. The molecule has 0 radical (unpaired) electrons. The molecule has 44 heavy (non-hydrogen) atoms. The van der Waals surface area contributed by atoms with Gasteiger partial charge in [-0.2, -0.15) is 0 Å². The van der Waals surface area contributed by atoms with Crippen molar-refractivity contribution in [3.8, 4) is 11.1 Å². The monoisotopic (exact) mass is 596 g/mol. The van der Waals surface area contributed by atoms with Crippen molar-refractivity contribution in [2.75, 3.05) is 42.9 Å². The number of aliphatic hydroxyl groups is 1. The van der Waals surface area contributed by atoms with Crippen molar-refractivity contribution in [1.82, 2.24) is 24.3 Å². The summed E-state index contributed by atoms with van der Waals surface area (Å²) in [6.07, 6.45) is 11.5. The Bertz CT molecular complexity index is 1710. The molecular formula is C33H40N8O3. The minimum Gasteiger partial charge on any atom is -0.392 e. The third-order valence-electron chi connectivity index (χ3n) is 8.89. The molecule has 1 fully saturated rings. The number of aliphatic imine (C=N–C) groups is 1. The number of allylic oxidation sites excluding steroid dienone is 3. The molecule has 1 amide bonds. The molecule has 5 heterocycles. The topological polar surface area (TPSA) is 120 Å². The Balaban J connectivity index is 1.31. The molecule has 3 aliphatic rings. The summed E-state index contributed by atoms with van der Waals surface area (Å²) in [6.45, 7) is 10.3. The SMILES string of the molecule is C=N/C(=C\C=C(/C)N1CCNCC1)Nc1cc(-c2ccnc(N3CCn4c(cc5c4CCCC5)C3=O)c2CO)cn(C)c1=O. The number of fused-ring (bicyclic) bond motifs is 3. The fourth-order valence-electron chi connectivity index (χ4n) is 6.52. The molecule has 6 rings (SSSR count). The molecule has 0 saturated carbocycles. The van der Waals surface area contributed by atoms with Crippen molar-refractivity contribution < 1.29 is 9.90 Å². The first kappa shape index (κ1) is 29.6. The lowest BCUT2D eigenvalue weighted by atomic mass is 9.98. The second-order valence-corrected chi connectivity index (χ2v) is 11.6. The van der Waals surface area contributed by atoms with Crippen LogP contribution in [0.2, 0.25) is 0 Å². The highest BCUT2D eigenvalue weighted by molar-refractivity contribution is 6.06. The molecule has 3 N–H and O–H groups in total. The highest BCUT2D eigenvalue weighted by Crippen LogP contribution is 2.34. The Morgan fingerprint density at radius 2 is 1.93 bits per heavy atom. The molecule has 0 spiro atoms. The van der Waals surface area contributed by atoms with Crippen molar-refractivity contribution in [3.05, 3.63) is 87.1 Å². The van der Waals surface area contributed by atoms with Gasteiger partial charge < -0.3 is 29.8 Å². The zero-order valence-corrected chi connectivity index (χ0v) is 25.5. The van der Waals surface area contributed by atoms with E-state index in [1.165, 1.54) is 15.8 Å². The van der Waals surface area contributed by atoms with E-state index in [0.717, 1.165) is 57.6 Å². The van der Waals surface area contributed by atoms with E-state index < -0.39 is 0 Å². The Kier molecular flexibility index (Phi) is 8.49. The van der Waals surface area contributed by atoms with E-state index in [1.54, 1.807) is 36.5 Å². The van der Waals surface area contributed by atoms with Gasteiger partial charge in [-0.1, -0.05) is 0 Å². The Hall–Kier alpha value is -4.48. The number of aromatic nitrogens is 3. The van der Waals surface area contributed by atoms with E-state index in [9.17, 15) is 14.7 Å². The highest BCUT2D eigenvalue weighted by atomic mass is 16.3. The summed E-state index contributed by atoms with van der Waals surface area (Å²) in [5.41, 5.74) is 6.34. The van der Waals surface area contributed by atoms with Gasteiger partial charge in [0.05, 0.1) is 6.61 Å². The van der Waals surface area contributed by atoms with Gasteiger partial charge >= 0.3 is 0 Å². The van der Waals surface area contributed by atoms with Crippen LogP contribution in [-0.2, 0) is 33.0 Å². The molecule has 0 bridgehead atoms. The molecule has 1 aliphatic carbocycles. The predicted molar refractivity (Wildman–Crippen MR) is 173 cm³/mol. The van der Waals surface area contributed by atoms with E-state index in [4.69, 9.17) is 0 Å². The number of hydrogen-bond acceptors (Lipinski definition) is 8. The van der Waals surface area contributed by atoms with E-state index in [1.807, 2.05) is 18.2 Å². The van der Waals surface area contributed by atoms with Crippen LogP contribution in [0.4, 0.5) is 11.5 Å². The van der Waals surface area contributed by atoms with Crippen LogP contribution in [0, 0.1) is 0 Å². The zero-order valence-electron chi connectivity index (χ0n) is 25.5. The predicted octanol–water partition coefficient (Wildman–Crippen LogP) is 3.04. The summed E-state index contributed by atoms with van der Waals surface area (Å²) in [6, 6.07) is 5.58. The van der Waals surface area contributed by atoms with E-state index in [0.29, 0.717) is 52.8 Å². The maximum atomic E-state index is 13.8. The van der Waals surface area contributed by atoms with Gasteiger partial charge in [0, 0.05) is 81.2 Å². The third-order valence-corrected chi connectivity index (χ3v) is 8.89. The van der Waals surface area contributed by atoms with E-state index in [2.05, 4.69) is 43.7 Å². The largest absolute Gasteiger partial charge is 0.392 e. The number of carbonyl (C=O) groups is 1. The highest BCUT2D eigenvalue weighted by Gasteiger charge is 2.32. The maximum Gasteiger partial charge on any atom is 0.276 e. The molecule has 3 aromatic heterocycles. The smallest absolute Gasteiger partial charge is 0.276 e. The van der Waals surface area contributed by atoms with Crippen LogP contribution < -0.4 is 21.1 Å². The first-order chi connectivity index (χ1) is 21.4. The number of rotatable bonds is 8. The molecule has 2 aliphatic heterocycles. The number of pyridine rings is 2. The Morgan fingerprint density at radius 1 is 1.14 bits per heavy atom. The van der Waals surface area contributed by atoms with Crippen LogP contribution in [0.25, 0.3) is 11.1 Å². The minimum absolute atomic E-state index is 0.108. The van der Waals surface area contributed by atoms with Gasteiger partial charge in [0.1, 0.15) is 23.0 Å². The average Bonchev–Trinajstić information content (AvgIpc) is 3.44. The van der Waals surface area contributed by atoms with Crippen LogP contribution in [-0.4, -0.2) is 69.5 Å². The quantitative estimate of drug-likeness (QED) is 0.270. The first-order valence-corrected chi connectivity index (χ1v) is 15.3. The van der Waals surface area contributed by atoms with Crippen LogP contribution in [0.15, 0.2) is 64.0 Å². The molecule has 11 heteroatoms. The van der Waals surface area contributed by atoms with Gasteiger partial charge in [-0.15, -0.1) is 0 Å². The fourth-order valence-corrected chi connectivity index (χ4v) is 6.52. The van der Waals surface area contributed by atoms with Crippen molar-refractivity contribution in [3.63, 3.8) is 0 Å². The molecule has 0 atom stereocenters. The minimum atomic E-state index is -0.319. The molecule has 0 unspecified atom stereocenters. The van der Waals surface area contributed by atoms with Gasteiger partial charge in [-0.3, -0.25) is 14.5 Å². The van der Waals surface area contributed by atoms with Crippen LogP contribution in [0.3, 0.4) is 0 Å². The van der Waals surface area contributed by atoms with Crippen LogP contribution >= 0.6 is 0 Å². The number of piperazine rings is 1. The molecule has 11 nitrogen and oxygen atoms in total.